The second-order valence-electron chi connectivity index (χ2n) is 13.3. The van der Waals surface area contributed by atoms with Gasteiger partial charge in [0.05, 0.1) is 16.4 Å². The molecule has 0 N–H and O–H groups in total. The molecule has 0 spiro atoms. The molecule has 0 bridgehead atoms. The number of thiophene rings is 1. The first-order valence-electron chi connectivity index (χ1n) is 17.3. The molecule has 11 rings (SSSR count). The molecular formula is C48H29NOS. The fraction of sp³-hybridized carbons (Fsp3) is 0. The predicted octanol–water partition coefficient (Wildman–Crippen LogP) is 14.1. The van der Waals surface area contributed by atoms with E-state index in [-0.39, 0.29) is 0 Å². The lowest BCUT2D eigenvalue weighted by Gasteiger charge is -2.15. The molecule has 0 aliphatic heterocycles. The summed E-state index contributed by atoms with van der Waals surface area (Å²) in [5.41, 5.74) is 12.5. The van der Waals surface area contributed by atoms with Crippen LogP contribution in [-0.2, 0) is 0 Å². The van der Waals surface area contributed by atoms with Gasteiger partial charge in [-0.2, -0.15) is 0 Å². The molecule has 0 amide bonds. The average molecular weight is 668 g/mol. The van der Waals surface area contributed by atoms with Crippen LogP contribution in [-0.4, -0.2) is 4.57 Å². The van der Waals surface area contributed by atoms with Gasteiger partial charge in [0.2, 0.25) is 0 Å². The van der Waals surface area contributed by atoms with E-state index in [2.05, 4.69) is 174 Å². The number of para-hydroxylation sites is 2. The van der Waals surface area contributed by atoms with Crippen LogP contribution >= 0.6 is 11.3 Å². The predicted molar refractivity (Wildman–Crippen MR) is 217 cm³/mol. The lowest BCUT2D eigenvalue weighted by molar-refractivity contribution is 0.673. The molecule has 2 nitrogen and oxygen atoms in total. The SMILES string of the molecule is c1ccc(-c2cccc(-c3cc(-c4cccc5sc6ccccc6c45)cc(-n4c5ccccc5c5c6oc7ccccc7c6ccc54)c3)c2)cc1. The van der Waals surface area contributed by atoms with Gasteiger partial charge in [0.15, 0.2) is 0 Å². The summed E-state index contributed by atoms with van der Waals surface area (Å²) in [4.78, 5) is 0. The maximum absolute atomic E-state index is 6.63. The smallest absolute Gasteiger partial charge is 0.145 e. The summed E-state index contributed by atoms with van der Waals surface area (Å²) in [6, 6.07) is 63.8. The van der Waals surface area contributed by atoms with Gasteiger partial charge in [-0.25, -0.2) is 0 Å². The van der Waals surface area contributed by atoms with Crippen molar-refractivity contribution in [3.63, 3.8) is 0 Å². The van der Waals surface area contributed by atoms with Gasteiger partial charge in [0.1, 0.15) is 11.2 Å². The van der Waals surface area contributed by atoms with Crippen molar-refractivity contribution in [3.05, 3.63) is 176 Å². The first-order valence-corrected chi connectivity index (χ1v) is 18.2. The largest absolute Gasteiger partial charge is 0.455 e. The summed E-state index contributed by atoms with van der Waals surface area (Å²) in [6.07, 6.45) is 0. The van der Waals surface area contributed by atoms with Gasteiger partial charge in [-0.05, 0) is 94.0 Å². The maximum Gasteiger partial charge on any atom is 0.145 e. The fourth-order valence-electron chi connectivity index (χ4n) is 8.10. The highest BCUT2D eigenvalue weighted by Crippen LogP contribution is 2.44. The molecule has 0 saturated heterocycles. The molecule has 3 heteroatoms. The number of aromatic nitrogens is 1. The molecule has 0 saturated carbocycles. The third-order valence-electron chi connectivity index (χ3n) is 10.4. The zero-order valence-corrected chi connectivity index (χ0v) is 28.3. The molecule has 0 fully saturated rings. The van der Waals surface area contributed by atoms with Crippen LogP contribution in [0.25, 0.3) is 103 Å². The van der Waals surface area contributed by atoms with Crippen LogP contribution in [0.5, 0.6) is 0 Å². The summed E-state index contributed by atoms with van der Waals surface area (Å²) < 4.78 is 11.7. The summed E-state index contributed by atoms with van der Waals surface area (Å²) in [5, 5.41) is 7.22. The Morgan fingerprint density at radius 3 is 1.96 bits per heavy atom. The normalized spacial score (nSPS) is 11.9. The van der Waals surface area contributed by atoms with Crippen molar-refractivity contribution in [2.75, 3.05) is 0 Å². The topological polar surface area (TPSA) is 18.1 Å². The quantitative estimate of drug-likeness (QED) is 0.183. The molecule has 8 aromatic carbocycles. The second kappa shape index (κ2) is 11.0. The number of hydrogen-bond donors (Lipinski definition) is 0. The zero-order chi connectivity index (χ0) is 33.5. The van der Waals surface area contributed by atoms with Gasteiger partial charge < -0.3 is 8.98 Å². The highest BCUT2D eigenvalue weighted by atomic mass is 32.1. The van der Waals surface area contributed by atoms with Gasteiger partial charge in [-0.1, -0.05) is 115 Å². The van der Waals surface area contributed by atoms with Crippen molar-refractivity contribution in [1.29, 1.82) is 0 Å². The average Bonchev–Trinajstić information content (AvgIpc) is 3.87. The van der Waals surface area contributed by atoms with Crippen molar-refractivity contribution >= 4 is 75.3 Å². The third-order valence-corrected chi connectivity index (χ3v) is 11.5. The molecule has 238 valence electrons. The van der Waals surface area contributed by atoms with Gasteiger partial charge in [0.25, 0.3) is 0 Å². The van der Waals surface area contributed by atoms with Crippen molar-refractivity contribution < 1.29 is 4.42 Å². The molecule has 0 atom stereocenters. The highest BCUT2D eigenvalue weighted by Gasteiger charge is 2.20. The van der Waals surface area contributed by atoms with Crippen LogP contribution in [0.3, 0.4) is 0 Å². The monoisotopic (exact) mass is 667 g/mol. The zero-order valence-electron chi connectivity index (χ0n) is 27.5. The molecule has 51 heavy (non-hydrogen) atoms. The Kier molecular flexibility index (Phi) is 6.16. The van der Waals surface area contributed by atoms with Gasteiger partial charge in [-0.15, -0.1) is 11.3 Å². The van der Waals surface area contributed by atoms with E-state index in [1.165, 1.54) is 58.9 Å². The fourth-order valence-corrected chi connectivity index (χ4v) is 9.23. The minimum absolute atomic E-state index is 0.912. The van der Waals surface area contributed by atoms with Gasteiger partial charge >= 0.3 is 0 Å². The lowest BCUT2D eigenvalue weighted by atomic mass is 9.93. The van der Waals surface area contributed by atoms with E-state index in [0.717, 1.165) is 44.0 Å². The van der Waals surface area contributed by atoms with E-state index in [1.54, 1.807) is 0 Å². The van der Waals surface area contributed by atoms with E-state index in [0.29, 0.717) is 0 Å². The molecule has 0 unspecified atom stereocenters. The Morgan fingerprint density at radius 2 is 1.06 bits per heavy atom. The molecular weight excluding hydrogens is 639 g/mol. The van der Waals surface area contributed by atoms with Crippen molar-refractivity contribution in [2.24, 2.45) is 0 Å². The molecule has 0 aliphatic rings. The van der Waals surface area contributed by atoms with Crippen LogP contribution in [0.1, 0.15) is 0 Å². The van der Waals surface area contributed by atoms with Gasteiger partial charge in [0, 0.05) is 42.0 Å². The Balaban J connectivity index is 1.23. The minimum atomic E-state index is 0.912. The lowest BCUT2D eigenvalue weighted by Crippen LogP contribution is -1.96. The standard InChI is InChI=1S/C48H29NOS/c1-2-12-30(13-3-1)31-14-10-15-32(26-31)33-27-34(36-19-11-23-45-46(36)40-18-6-9-22-44(40)51-45)29-35(28-33)49-41-20-7-4-17-39(41)47-42(49)25-24-38-37-16-5-8-21-43(37)50-48(38)47/h1-29H. The molecule has 3 aromatic heterocycles. The van der Waals surface area contributed by atoms with Crippen LogP contribution in [0.4, 0.5) is 0 Å². The second-order valence-corrected chi connectivity index (χ2v) is 14.4. The molecule has 3 heterocycles. The van der Waals surface area contributed by atoms with Crippen LogP contribution in [0, 0.1) is 0 Å². The molecule has 11 aromatic rings. The van der Waals surface area contributed by atoms with Crippen molar-refractivity contribution in [3.8, 4) is 39.1 Å². The number of benzene rings is 8. The van der Waals surface area contributed by atoms with Crippen LogP contribution < -0.4 is 0 Å². The highest BCUT2D eigenvalue weighted by molar-refractivity contribution is 7.25. The first kappa shape index (κ1) is 28.4. The Bertz CT molecular complexity index is 3140. The van der Waals surface area contributed by atoms with E-state index in [4.69, 9.17) is 4.42 Å². The number of fused-ring (bicyclic) bond motifs is 10. The summed E-state index contributed by atoms with van der Waals surface area (Å²) in [5.74, 6) is 0. The maximum atomic E-state index is 6.63. The van der Waals surface area contributed by atoms with Crippen LogP contribution in [0.15, 0.2) is 180 Å². The van der Waals surface area contributed by atoms with E-state index < -0.39 is 0 Å². The van der Waals surface area contributed by atoms with Gasteiger partial charge in [-0.3, -0.25) is 0 Å². The summed E-state index contributed by atoms with van der Waals surface area (Å²) in [6.45, 7) is 0. The van der Waals surface area contributed by atoms with E-state index >= 15 is 0 Å². The van der Waals surface area contributed by atoms with E-state index in [1.807, 2.05) is 17.4 Å². The number of furan rings is 1. The number of hydrogen-bond acceptors (Lipinski definition) is 2. The molecule has 0 radical (unpaired) electrons. The van der Waals surface area contributed by atoms with Crippen molar-refractivity contribution in [2.45, 2.75) is 0 Å². The first-order chi connectivity index (χ1) is 25.3. The third kappa shape index (κ3) is 4.35. The summed E-state index contributed by atoms with van der Waals surface area (Å²) in [7, 11) is 0. The number of rotatable bonds is 4. The molecule has 0 aliphatic carbocycles. The minimum Gasteiger partial charge on any atom is -0.455 e. The Hall–Kier alpha value is -6.42. The Labute approximate surface area is 298 Å². The number of nitrogens with zero attached hydrogens (tertiary/aromatic N) is 1. The van der Waals surface area contributed by atoms with Crippen LogP contribution in [0.2, 0.25) is 0 Å². The van der Waals surface area contributed by atoms with E-state index in [9.17, 15) is 0 Å². The summed E-state index contributed by atoms with van der Waals surface area (Å²) >= 11 is 1.86. The Morgan fingerprint density at radius 1 is 0.392 bits per heavy atom. The van der Waals surface area contributed by atoms with Crippen molar-refractivity contribution in [1.82, 2.24) is 4.57 Å².